The van der Waals surface area contributed by atoms with E-state index >= 15 is 0 Å². The Labute approximate surface area is 221 Å². The van der Waals surface area contributed by atoms with E-state index in [1.54, 1.807) is 23.2 Å². The zero-order valence-electron chi connectivity index (χ0n) is 20.4. The molecule has 0 bridgehead atoms. The van der Waals surface area contributed by atoms with Crippen molar-refractivity contribution in [2.75, 3.05) is 18.1 Å². The first-order chi connectivity index (χ1) is 18.6. The number of nitrogens with zero attached hydrogens (tertiary/aromatic N) is 8. The minimum Gasteiger partial charge on any atom is -0.391 e. The maximum absolute atomic E-state index is 13.8. The lowest BCUT2D eigenvalue weighted by molar-refractivity contribution is -0.0298. The molecule has 4 aromatic heterocycles. The van der Waals surface area contributed by atoms with Crippen molar-refractivity contribution in [3.63, 3.8) is 0 Å². The summed E-state index contributed by atoms with van der Waals surface area (Å²) in [4.78, 5) is 29.5. The molecule has 3 atom stereocenters. The summed E-state index contributed by atoms with van der Waals surface area (Å²) >= 11 is 6.37. The average molecular weight is 533 g/mol. The fraction of sp³-hybridized carbons (Fsp3) is 0.346. The van der Waals surface area contributed by atoms with Crippen LogP contribution < -0.4 is 10.5 Å². The van der Waals surface area contributed by atoms with Gasteiger partial charge in [0.1, 0.15) is 18.1 Å². The second kappa shape index (κ2) is 9.19. The molecule has 2 aliphatic heterocycles. The molecular formula is C26H25ClN8O3. The molecule has 0 saturated carbocycles. The molecule has 1 aromatic carbocycles. The number of hydrogen-bond donors (Lipinski definition) is 1. The van der Waals surface area contributed by atoms with Crippen LogP contribution in [0, 0.1) is 0 Å². The number of fused-ring (bicyclic) bond motifs is 2. The van der Waals surface area contributed by atoms with E-state index in [9.17, 15) is 9.90 Å². The van der Waals surface area contributed by atoms with Gasteiger partial charge < -0.3 is 14.7 Å². The summed E-state index contributed by atoms with van der Waals surface area (Å²) in [5, 5.41) is 16.0. The molecule has 194 valence electrons. The van der Waals surface area contributed by atoms with E-state index in [1.165, 1.54) is 10.8 Å². The number of para-hydroxylation sites is 1. The first-order valence-electron chi connectivity index (χ1n) is 12.7. The molecule has 38 heavy (non-hydrogen) atoms. The molecule has 12 heteroatoms. The number of halogens is 1. The van der Waals surface area contributed by atoms with Gasteiger partial charge in [-0.15, -0.1) is 0 Å². The molecule has 5 aromatic rings. The van der Waals surface area contributed by atoms with E-state index in [4.69, 9.17) is 21.4 Å². The summed E-state index contributed by atoms with van der Waals surface area (Å²) in [7, 11) is 0. The van der Waals surface area contributed by atoms with Crippen molar-refractivity contribution in [1.82, 2.24) is 33.7 Å². The monoisotopic (exact) mass is 532 g/mol. The highest BCUT2D eigenvalue weighted by Gasteiger charge is 2.38. The third-order valence-electron chi connectivity index (χ3n) is 7.33. The first kappa shape index (κ1) is 23.3. The summed E-state index contributed by atoms with van der Waals surface area (Å²) in [6.45, 7) is 1.01. The fourth-order valence-electron chi connectivity index (χ4n) is 5.59. The second-order valence-corrected chi connectivity index (χ2v) is 10.1. The van der Waals surface area contributed by atoms with Crippen molar-refractivity contribution in [3.8, 4) is 5.69 Å². The molecule has 1 unspecified atom stereocenters. The molecule has 6 heterocycles. The van der Waals surface area contributed by atoms with Crippen LogP contribution in [0.2, 0.25) is 5.02 Å². The normalized spacial score (nSPS) is 22.1. The van der Waals surface area contributed by atoms with E-state index in [0.717, 1.165) is 19.3 Å². The third-order valence-corrected chi connectivity index (χ3v) is 7.64. The van der Waals surface area contributed by atoms with Crippen molar-refractivity contribution in [3.05, 3.63) is 76.5 Å². The Morgan fingerprint density at radius 1 is 1.08 bits per heavy atom. The minimum atomic E-state index is -0.654. The predicted molar refractivity (Wildman–Crippen MR) is 141 cm³/mol. The number of hydrogen-bond acceptors (Lipinski definition) is 8. The molecule has 11 nitrogen and oxygen atoms in total. The van der Waals surface area contributed by atoms with Crippen LogP contribution >= 0.6 is 11.6 Å². The zero-order chi connectivity index (χ0) is 25.8. The van der Waals surface area contributed by atoms with Crippen molar-refractivity contribution in [1.29, 1.82) is 0 Å². The Morgan fingerprint density at radius 2 is 1.95 bits per heavy atom. The molecule has 0 radical (unpaired) electrons. The molecule has 0 amide bonds. The number of aliphatic hydroxyl groups is 1. The first-order valence-corrected chi connectivity index (χ1v) is 13.1. The lowest BCUT2D eigenvalue weighted by Gasteiger charge is -2.27. The smallest absolute Gasteiger partial charge is 0.284 e. The minimum absolute atomic E-state index is 0.123. The number of imidazole rings is 1. The van der Waals surface area contributed by atoms with Crippen molar-refractivity contribution < 1.29 is 9.84 Å². The van der Waals surface area contributed by atoms with Gasteiger partial charge >= 0.3 is 0 Å². The Hall–Kier alpha value is -3.80. The maximum Gasteiger partial charge on any atom is 0.284 e. The molecule has 2 fully saturated rings. The summed E-state index contributed by atoms with van der Waals surface area (Å²) in [6.07, 6.45) is 7.52. The SMILES string of the molecule is O=c1c2c(Cl)ccn2nc([C@@H]2C[C@H](O)CN2c2ncnc3c2ncn3C2CCCCO2)n1-c1ccccc1. The van der Waals surface area contributed by atoms with Gasteiger partial charge in [-0.2, -0.15) is 5.10 Å². The van der Waals surface area contributed by atoms with Crippen molar-refractivity contribution in [2.24, 2.45) is 0 Å². The Balaban J connectivity index is 1.39. The van der Waals surface area contributed by atoms with E-state index in [-0.39, 0.29) is 11.8 Å². The maximum atomic E-state index is 13.8. The number of benzene rings is 1. The lowest BCUT2D eigenvalue weighted by atomic mass is 10.1. The van der Waals surface area contributed by atoms with Crippen LogP contribution in [0.1, 0.15) is 43.8 Å². The highest BCUT2D eigenvalue weighted by Crippen LogP contribution is 2.38. The van der Waals surface area contributed by atoms with Gasteiger partial charge in [0.2, 0.25) is 0 Å². The number of ether oxygens (including phenoxy) is 1. The van der Waals surface area contributed by atoms with Gasteiger partial charge in [-0.1, -0.05) is 29.8 Å². The zero-order valence-corrected chi connectivity index (χ0v) is 21.1. The number of β-amino-alcohol motifs (C(OH)–C–C–N with tert-alkyl or cyclic N) is 1. The van der Waals surface area contributed by atoms with Gasteiger partial charge in [0.25, 0.3) is 5.56 Å². The van der Waals surface area contributed by atoms with Gasteiger partial charge in [0.05, 0.1) is 29.2 Å². The van der Waals surface area contributed by atoms with Crippen LogP contribution in [-0.4, -0.2) is 58.1 Å². The number of aliphatic hydroxyl groups excluding tert-OH is 1. The van der Waals surface area contributed by atoms with Crippen LogP contribution in [0.4, 0.5) is 5.82 Å². The Bertz CT molecular complexity index is 1690. The van der Waals surface area contributed by atoms with Gasteiger partial charge in [-0.25, -0.2) is 19.5 Å². The highest BCUT2D eigenvalue weighted by atomic mass is 35.5. The van der Waals surface area contributed by atoms with E-state index in [0.29, 0.717) is 58.6 Å². The molecule has 0 spiro atoms. The van der Waals surface area contributed by atoms with Crippen LogP contribution in [-0.2, 0) is 4.74 Å². The summed E-state index contributed by atoms with van der Waals surface area (Å²) in [5.74, 6) is 1.05. The van der Waals surface area contributed by atoms with Crippen molar-refractivity contribution >= 4 is 34.1 Å². The highest BCUT2D eigenvalue weighted by molar-refractivity contribution is 6.33. The van der Waals surface area contributed by atoms with Gasteiger partial charge in [-0.05, 0) is 37.5 Å². The molecule has 2 aliphatic rings. The van der Waals surface area contributed by atoms with Crippen LogP contribution in [0.15, 0.2) is 60.0 Å². The van der Waals surface area contributed by atoms with E-state index in [2.05, 4.69) is 15.0 Å². The van der Waals surface area contributed by atoms with Crippen LogP contribution in [0.3, 0.4) is 0 Å². The molecule has 2 saturated heterocycles. The van der Waals surface area contributed by atoms with Crippen molar-refractivity contribution in [2.45, 2.75) is 44.1 Å². The Kier molecular flexibility index (Phi) is 5.64. The summed E-state index contributed by atoms with van der Waals surface area (Å²) in [5.41, 5.74) is 1.94. The van der Waals surface area contributed by atoms with E-state index in [1.807, 2.05) is 39.8 Å². The quantitative estimate of drug-likeness (QED) is 0.375. The van der Waals surface area contributed by atoms with Gasteiger partial charge in [0, 0.05) is 25.8 Å². The second-order valence-electron chi connectivity index (χ2n) is 9.69. The Morgan fingerprint density at radius 3 is 2.76 bits per heavy atom. The van der Waals surface area contributed by atoms with Gasteiger partial charge in [0.15, 0.2) is 22.8 Å². The molecule has 1 N–H and O–H groups in total. The summed E-state index contributed by atoms with van der Waals surface area (Å²) < 4.78 is 11.0. The fourth-order valence-corrected chi connectivity index (χ4v) is 5.81. The predicted octanol–water partition coefficient (Wildman–Crippen LogP) is 3.29. The van der Waals surface area contributed by atoms with Gasteiger partial charge in [-0.3, -0.25) is 13.9 Å². The van der Waals surface area contributed by atoms with Crippen LogP contribution in [0.25, 0.3) is 22.4 Å². The standard InChI is InChI=1S/C26H25ClN8O3/c27-18-9-10-34-22(18)26(37)35(16-6-2-1-3-7-16)23(31-34)19-12-17(36)13-32(19)24-21-25(29-14-28-24)33(15-30-21)20-8-4-5-11-38-20/h1-3,6-7,9-10,14-15,17,19-20,36H,4-5,8,11-13H2/t17-,19-,20?/m0/s1. The number of rotatable bonds is 4. The molecular weight excluding hydrogens is 508 g/mol. The van der Waals surface area contributed by atoms with E-state index < -0.39 is 12.1 Å². The molecule has 0 aliphatic carbocycles. The third kappa shape index (κ3) is 3.69. The number of aromatic nitrogens is 7. The summed E-state index contributed by atoms with van der Waals surface area (Å²) in [6, 6.07) is 10.5. The average Bonchev–Trinajstić information content (AvgIpc) is 3.66. The topological polar surface area (TPSA) is 116 Å². The number of anilines is 1. The molecule has 7 rings (SSSR count). The largest absolute Gasteiger partial charge is 0.391 e. The van der Waals surface area contributed by atoms with Crippen LogP contribution in [0.5, 0.6) is 0 Å². The lowest BCUT2D eigenvalue weighted by Crippen LogP contribution is -2.33.